The van der Waals surface area contributed by atoms with Gasteiger partial charge in [0, 0.05) is 6.04 Å². The number of carboxylic acid groups (broad SMARTS) is 1. The zero-order chi connectivity index (χ0) is 14.5. The molecule has 2 N–H and O–H groups in total. The van der Waals surface area contributed by atoms with Crippen molar-refractivity contribution in [2.24, 2.45) is 5.92 Å². The molecule has 3 nitrogen and oxygen atoms in total. The van der Waals surface area contributed by atoms with Gasteiger partial charge in [-0.1, -0.05) is 19.8 Å². The van der Waals surface area contributed by atoms with E-state index in [0.717, 1.165) is 12.8 Å². The van der Waals surface area contributed by atoms with Crippen LogP contribution in [0, 0.1) is 5.92 Å². The molecule has 1 rings (SSSR count). The van der Waals surface area contributed by atoms with Crippen LogP contribution < -0.4 is 5.32 Å². The van der Waals surface area contributed by atoms with Crippen molar-refractivity contribution >= 4 is 5.97 Å². The zero-order valence-electron chi connectivity index (χ0n) is 11.2. The van der Waals surface area contributed by atoms with Crippen molar-refractivity contribution in [3.63, 3.8) is 0 Å². The Morgan fingerprint density at radius 1 is 1.32 bits per heavy atom. The third-order valence-corrected chi connectivity index (χ3v) is 3.77. The van der Waals surface area contributed by atoms with Gasteiger partial charge in [0.25, 0.3) is 0 Å². The first-order chi connectivity index (χ1) is 8.84. The molecule has 0 heterocycles. The molecule has 0 spiro atoms. The van der Waals surface area contributed by atoms with E-state index >= 15 is 0 Å². The van der Waals surface area contributed by atoms with Gasteiger partial charge in [0.1, 0.15) is 6.04 Å². The zero-order valence-corrected chi connectivity index (χ0v) is 11.2. The predicted octanol–water partition coefficient (Wildman–Crippen LogP) is 3.34. The van der Waals surface area contributed by atoms with Gasteiger partial charge in [-0.2, -0.15) is 13.2 Å². The standard InChI is InChI=1S/C13H22F3NO2/c1-2-3-4-11(12(18)19)17-10-7-5-9(6-8-10)13(14,15)16/h9-11,17H,2-8H2,1H3,(H,18,19). The van der Waals surface area contributed by atoms with Gasteiger partial charge in [-0.15, -0.1) is 0 Å². The van der Waals surface area contributed by atoms with E-state index in [-0.39, 0.29) is 18.9 Å². The Labute approximate surface area is 111 Å². The highest BCUT2D eigenvalue weighted by Gasteiger charge is 2.41. The Morgan fingerprint density at radius 2 is 1.89 bits per heavy atom. The molecule has 0 radical (unpaired) electrons. The van der Waals surface area contributed by atoms with Gasteiger partial charge in [-0.25, -0.2) is 0 Å². The first kappa shape index (κ1) is 16.3. The highest BCUT2D eigenvalue weighted by Crippen LogP contribution is 2.37. The van der Waals surface area contributed by atoms with Crippen molar-refractivity contribution in [3.05, 3.63) is 0 Å². The summed E-state index contributed by atoms with van der Waals surface area (Å²) >= 11 is 0. The summed E-state index contributed by atoms with van der Waals surface area (Å²) in [5.41, 5.74) is 0. The first-order valence-corrected chi connectivity index (χ1v) is 6.90. The van der Waals surface area contributed by atoms with Crippen molar-refractivity contribution < 1.29 is 23.1 Å². The molecule has 0 bridgehead atoms. The second-order valence-electron chi connectivity index (χ2n) is 5.29. The van der Waals surface area contributed by atoms with Crippen LogP contribution >= 0.6 is 0 Å². The minimum Gasteiger partial charge on any atom is -0.480 e. The number of hydrogen-bond acceptors (Lipinski definition) is 2. The molecular weight excluding hydrogens is 259 g/mol. The molecule has 1 aliphatic rings. The molecule has 1 unspecified atom stereocenters. The topological polar surface area (TPSA) is 49.3 Å². The summed E-state index contributed by atoms with van der Waals surface area (Å²) < 4.78 is 37.5. The molecule has 6 heteroatoms. The number of hydrogen-bond donors (Lipinski definition) is 2. The van der Waals surface area contributed by atoms with Crippen LogP contribution in [0.3, 0.4) is 0 Å². The second-order valence-corrected chi connectivity index (χ2v) is 5.29. The van der Waals surface area contributed by atoms with E-state index in [9.17, 15) is 18.0 Å². The minimum absolute atomic E-state index is 0.0985. The normalized spacial score (nSPS) is 26.1. The van der Waals surface area contributed by atoms with Gasteiger partial charge in [-0.05, 0) is 32.1 Å². The maximum atomic E-state index is 12.5. The van der Waals surface area contributed by atoms with Crippen molar-refractivity contribution in [2.45, 2.75) is 70.1 Å². The lowest BCUT2D eigenvalue weighted by molar-refractivity contribution is -0.183. The van der Waals surface area contributed by atoms with Crippen molar-refractivity contribution in [2.75, 3.05) is 0 Å². The van der Waals surface area contributed by atoms with Gasteiger partial charge in [-0.3, -0.25) is 4.79 Å². The van der Waals surface area contributed by atoms with E-state index in [1.165, 1.54) is 0 Å². The molecule has 0 aromatic heterocycles. The maximum Gasteiger partial charge on any atom is 0.391 e. The summed E-state index contributed by atoms with van der Waals surface area (Å²) in [4.78, 5) is 11.1. The number of nitrogens with one attached hydrogen (secondary N) is 1. The summed E-state index contributed by atoms with van der Waals surface area (Å²) in [6.07, 6.45) is -0.860. The average Bonchev–Trinajstić information content (AvgIpc) is 2.33. The van der Waals surface area contributed by atoms with Crippen LogP contribution in [0.15, 0.2) is 0 Å². The average molecular weight is 281 g/mol. The molecule has 1 fully saturated rings. The third-order valence-electron chi connectivity index (χ3n) is 3.77. The molecule has 0 amide bonds. The quantitative estimate of drug-likeness (QED) is 0.785. The number of rotatable bonds is 6. The highest BCUT2D eigenvalue weighted by atomic mass is 19.4. The van der Waals surface area contributed by atoms with E-state index in [2.05, 4.69) is 5.32 Å². The van der Waals surface area contributed by atoms with Crippen LogP contribution in [-0.2, 0) is 4.79 Å². The Morgan fingerprint density at radius 3 is 2.32 bits per heavy atom. The molecule has 112 valence electrons. The van der Waals surface area contributed by atoms with Gasteiger partial charge >= 0.3 is 12.1 Å². The van der Waals surface area contributed by atoms with Crippen LogP contribution in [0.4, 0.5) is 13.2 Å². The summed E-state index contributed by atoms with van der Waals surface area (Å²) in [5.74, 6) is -2.13. The number of carbonyl (C=O) groups is 1. The molecular formula is C13H22F3NO2. The second kappa shape index (κ2) is 7.12. The van der Waals surface area contributed by atoms with Crippen LogP contribution in [0.2, 0.25) is 0 Å². The molecule has 0 aromatic carbocycles. The fourth-order valence-corrected chi connectivity index (χ4v) is 2.56. The van der Waals surface area contributed by atoms with Gasteiger partial charge < -0.3 is 10.4 Å². The van der Waals surface area contributed by atoms with Gasteiger partial charge in [0.2, 0.25) is 0 Å². The predicted molar refractivity (Wildman–Crippen MR) is 65.9 cm³/mol. The Kier molecular flexibility index (Phi) is 6.10. The van der Waals surface area contributed by atoms with Crippen LogP contribution in [-0.4, -0.2) is 29.3 Å². The Hall–Kier alpha value is -0.780. The van der Waals surface area contributed by atoms with E-state index in [4.69, 9.17) is 5.11 Å². The third kappa shape index (κ3) is 5.38. The van der Waals surface area contributed by atoms with Gasteiger partial charge in [0.05, 0.1) is 5.92 Å². The number of aliphatic carboxylic acids is 1. The Balaban J connectivity index is 2.40. The molecule has 1 aliphatic carbocycles. The lowest BCUT2D eigenvalue weighted by Crippen LogP contribution is -2.45. The summed E-state index contributed by atoms with van der Waals surface area (Å²) in [6, 6.07) is -0.732. The summed E-state index contributed by atoms with van der Waals surface area (Å²) in [7, 11) is 0. The monoisotopic (exact) mass is 281 g/mol. The van der Waals surface area contributed by atoms with Crippen molar-refractivity contribution in [1.29, 1.82) is 0 Å². The molecule has 0 aromatic rings. The lowest BCUT2D eigenvalue weighted by atomic mass is 9.85. The smallest absolute Gasteiger partial charge is 0.391 e. The van der Waals surface area contributed by atoms with E-state index < -0.39 is 24.1 Å². The summed E-state index contributed by atoms with van der Waals surface area (Å²) in [5, 5.41) is 12.1. The van der Waals surface area contributed by atoms with Crippen LogP contribution in [0.5, 0.6) is 0 Å². The molecule has 0 saturated heterocycles. The van der Waals surface area contributed by atoms with Crippen molar-refractivity contribution in [3.8, 4) is 0 Å². The van der Waals surface area contributed by atoms with Crippen molar-refractivity contribution in [1.82, 2.24) is 5.32 Å². The van der Waals surface area contributed by atoms with Gasteiger partial charge in [0.15, 0.2) is 0 Å². The largest absolute Gasteiger partial charge is 0.480 e. The minimum atomic E-state index is -4.11. The van der Waals surface area contributed by atoms with E-state index in [1.54, 1.807) is 0 Å². The van der Waals surface area contributed by atoms with Crippen LogP contribution in [0.25, 0.3) is 0 Å². The Bertz CT molecular complexity index is 286. The lowest BCUT2D eigenvalue weighted by Gasteiger charge is -2.32. The molecule has 0 aliphatic heterocycles. The summed E-state index contributed by atoms with van der Waals surface area (Å²) in [6.45, 7) is 1.98. The number of unbranched alkanes of at least 4 members (excludes halogenated alkanes) is 1. The SMILES string of the molecule is CCCCC(NC1CCC(C(F)(F)F)CC1)C(=O)O. The highest BCUT2D eigenvalue weighted by molar-refractivity contribution is 5.73. The number of alkyl halides is 3. The fourth-order valence-electron chi connectivity index (χ4n) is 2.56. The number of halogens is 3. The molecule has 19 heavy (non-hydrogen) atoms. The van der Waals surface area contributed by atoms with Crippen LogP contribution in [0.1, 0.15) is 51.9 Å². The van der Waals surface area contributed by atoms with E-state index in [0.29, 0.717) is 19.3 Å². The fraction of sp³-hybridized carbons (Fsp3) is 0.923. The van der Waals surface area contributed by atoms with E-state index in [1.807, 2.05) is 6.92 Å². The molecule has 1 saturated carbocycles. The molecule has 1 atom stereocenters. The maximum absolute atomic E-state index is 12.5. The first-order valence-electron chi connectivity index (χ1n) is 6.90. The number of carboxylic acids is 1.